The van der Waals surface area contributed by atoms with Crippen LogP contribution in [-0.2, 0) is 10.2 Å². The molecule has 6 heteroatoms. The molecule has 2 aromatic rings. The summed E-state index contributed by atoms with van der Waals surface area (Å²) in [5.74, 6) is 0.0295. The number of ether oxygens (including phenoxy) is 1. The van der Waals surface area contributed by atoms with Crippen molar-refractivity contribution in [2.45, 2.75) is 25.7 Å². The van der Waals surface area contributed by atoms with Gasteiger partial charge in [0.1, 0.15) is 5.75 Å². The van der Waals surface area contributed by atoms with Gasteiger partial charge in [-0.2, -0.15) is 10.2 Å². The molecule has 0 aliphatic carbocycles. The second kappa shape index (κ2) is 5.46. The molecule has 0 spiro atoms. The van der Waals surface area contributed by atoms with E-state index in [1.807, 2.05) is 13.8 Å². The number of carbonyl (C=O) groups excluding carboxylic acids is 2. The quantitative estimate of drug-likeness (QED) is 0.814. The van der Waals surface area contributed by atoms with Crippen molar-refractivity contribution in [3.05, 3.63) is 47.8 Å². The highest BCUT2D eigenvalue weighted by atomic mass is 16.5. The van der Waals surface area contributed by atoms with Gasteiger partial charge in [0.15, 0.2) is 0 Å². The predicted molar refractivity (Wildman–Crippen MR) is 84.5 cm³/mol. The van der Waals surface area contributed by atoms with Crippen LogP contribution in [0.3, 0.4) is 0 Å². The van der Waals surface area contributed by atoms with Crippen molar-refractivity contribution in [3.8, 4) is 5.75 Å². The molecule has 0 N–H and O–H groups in total. The number of rotatable bonds is 3. The van der Waals surface area contributed by atoms with Crippen LogP contribution in [0.15, 0.2) is 36.7 Å². The second-order valence-electron chi connectivity index (χ2n) is 5.65. The third-order valence-corrected chi connectivity index (χ3v) is 4.47. The number of benzene rings is 1. The van der Waals surface area contributed by atoms with Crippen LogP contribution in [0, 0.1) is 0 Å². The van der Waals surface area contributed by atoms with Crippen molar-refractivity contribution in [2.24, 2.45) is 0 Å². The van der Waals surface area contributed by atoms with Gasteiger partial charge in [0.25, 0.3) is 5.91 Å². The topological polar surface area (TPSA) is 72.4 Å². The Hall–Kier alpha value is -2.76. The molecular formula is C17H17N3O3. The molecule has 1 atom stereocenters. The van der Waals surface area contributed by atoms with Crippen molar-refractivity contribution in [3.63, 3.8) is 0 Å². The zero-order valence-electron chi connectivity index (χ0n) is 13.2. The summed E-state index contributed by atoms with van der Waals surface area (Å²) in [4.78, 5) is 27.0. The zero-order chi connectivity index (χ0) is 16.6. The molecule has 2 amide bonds. The standard InChI is InChI=1S/C17H17N3O3/c1-4-17(2)14-10-19-18-9-13(14)15(21)20(16(17)22)11-5-7-12(23-3)8-6-11/h5-10H,4H2,1-3H3. The van der Waals surface area contributed by atoms with E-state index in [0.29, 0.717) is 29.0 Å². The normalized spacial score (nSPS) is 20.4. The fraction of sp³-hybridized carbons (Fsp3) is 0.294. The van der Waals surface area contributed by atoms with Gasteiger partial charge in [-0.25, -0.2) is 4.90 Å². The lowest BCUT2D eigenvalue weighted by atomic mass is 9.75. The van der Waals surface area contributed by atoms with Crippen LogP contribution >= 0.6 is 0 Å². The first-order chi connectivity index (χ1) is 11.0. The van der Waals surface area contributed by atoms with Crippen LogP contribution < -0.4 is 9.64 Å². The highest BCUT2D eigenvalue weighted by molar-refractivity contribution is 6.27. The van der Waals surface area contributed by atoms with E-state index in [-0.39, 0.29) is 11.8 Å². The van der Waals surface area contributed by atoms with Crippen molar-refractivity contribution in [2.75, 3.05) is 12.0 Å². The lowest BCUT2D eigenvalue weighted by Crippen LogP contribution is -2.53. The number of methoxy groups -OCH3 is 1. The van der Waals surface area contributed by atoms with Crippen LogP contribution in [0.1, 0.15) is 36.2 Å². The summed E-state index contributed by atoms with van der Waals surface area (Å²) in [5, 5.41) is 7.64. The van der Waals surface area contributed by atoms with Gasteiger partial charge in [-0.15, -0.1) is 0 Å². The first kappa shape index (κ1) is 15.1. The molecule has 6 nitrogen and oxygen atoms in total. The molecule has 0 fully saturated rings. The third-order valence-electron chi connectivity index (χ3n) is 4.47. The van der Waals surface area contributed by atoms with Gasteiger partial charge in [-0.3, -0.25) is 9.59 Å². The zero-order valence-corrected chi connectivity index (χ0v) is 13.2. The van der Waals surface area contributed by atoms with E-state index in [0.717, 1.165) is 0 Å². The van der Waals surface area contributed by atoms with E-state index in [2.05, 4.69) is 10.2 Å². The third kappa shape index (κ3) is 2.18. The smallest absolute Gasteiger partial charge is 0.267 e. The van der Waals surface area contributed by atoms with Gasteiger partial charge in [0, 0.05) is 5.56 Å². The van der Waals surface area contributed by atoms with Crippen molar-refractivity contribution in [1.29, 1.82) is 0 Å². The Labute approximate surface area is 134 Å². The summed E-state index contributed by atoms with van der Waals surface area (Å²) >= 11 is 0. The highest BCUT2D eigenvalue weighted by Crippen LogP contribution is 2.38. The minimum atomic E-state index is -0.806. The van der Waals surface area contributed by atoms with Crippen LogP contribution in [-0.4, -0.2) is 29.1 Å². The number of carbonyl (C=O) groups is 2. The minimum absolute atomic E-state index is 0.254. The minimum Gasteiger partial charge on any atom is -0.497 e. The lowest BCUT2D eigenvalue weighted by Gasteiger charge is -2.38. The number of aromatic nitrogens is 2. The fourth-order valence-electron chi connectivity index (χ4n) is 2.81. The van der Waals surface area contributed by atoms with Gasteiger partial charge in [0.05, 0.1) is 36.2 Å². The summed E-state index contributed by atoms with van der Waals surface area (Å²) in [6.45, 7) is 3.75. The Morgan fingerprint density at radius 3 is 2.39 bits per heavy atom. The van der Waals surface area contributed by atoms with E-state index in [4.69, 9.17) is 4.74 Å². The van der Waals surface area contributed by atoms with Gasteiger partial charge < -0.3 is 4.74 Å². The molecule has 1 aliphatic rings. The van der Waals surface area contributed by atoms with E-state index in [1.165, 1.54) is 17.3 Å². The summed E-state index contributed by atoms with van der Waals surface area (Å²) < 4.78 is 5.12. The van der Waals surface area contributed by atoms with E-state index >= 15 is 0 Å². The second-order valence-corrected chi connectivity index (χ2v) is 5.65. The summed E-state index contributed by atoms with van der Waals surface area (Å²) in [5.41, 5.74) is 0.761. The maximum absolute atomic E-state index is 13.0. The van der Waals surface area contributed by atoms with Crippen molar-refractivity contribution < 1.29 is 14.3 Å². The number of fused-ring (bicyclic) bond motifs is 1. The summed E-state index contributed by atoms with van der Waals surface area (Å²) in [6.07, 6.45) is 3.50. The molecule has 1 aromatic heterocycles. The Kier molecular flexibility index (Phi) is 3.60. The Morgan fingerprint density at radius 2 is 1.78 bits per heavy atom. The van der Waals surface area contributed by atoms with Crippen molar-refractivity contribution in [1.82, 2.24) is 10.2 Å². The number of hydrogen-bond acceptors (Lipinski definition) is 5. The van der Waals surface area contributed by atoms with Gasteiger partial charge >= 0.3 is 0 Å². The molecule has 1 unspecified atom stereocenters. The lowest BCUT2D eigenvalue weighted by molar-refractivity contribution is -0.123. The Balaban J connectivity index is 2.15. The molecule has 0 saturated carbocycles. The summed E-state index contributed by atoms with van der Waals surface area (Å²) in [6, 6.07) is 6.84. The van der Waals surface area contributed by atoms with Crippen LogP contribution in [0.25, 0.3) is 0 Å². The van der Waals surface area contributed by atoms with Gasteiger partial charge in [-0.1, -0.05) is 6.92 Å². The SMILES string of the molecule is CCC1(C)C(=O)N(c2ccc(OC)cc2)C(=O)c2cnncc21. The van der Waals surface area contributed by atoms with E-state index in [9.17, 15) is 9.59 Å². The molecule has 1 aromatic carbocycles. The predicted octanol–water partition coefficient (Wildman–Crippen LogP) is 2.34. The molecule has 23 heavy (non-hydrogen) atoms. The van der Waals surface area contributed by atoms with Crippen LogP contribution in [0.5, 0.6) is 5.75 Å². The summed E-state index contributed by atoms with van der Waals surface area (Å²) in [7, 11) is 1.56. The Bertz CT molecular complexity index is 773. The molecular weight excluding hydrogens is 294 g/mol. The number of amides is 2. The largest absolute Gasteiger partial charge is 0.497 e. The number of hydrogen-bond donors (Lipinski definition) is 0. The Morgan fingerprint density at radius 1 is 1.13 bits per heavy atom. The van der Waals surface area contributed by atoms with Gasteiger partial charge in [-0.05, 0) is 37.6 Å². The molecule has 118 valence electrons. The fourth-order valence-corrected chi connectivity index (χ4v) is 2.81. The monoisotopic (exact) mass is 311 g/mol. The number of anilines is 1. The average Bonchev–Trinajstić information content (AvgIpc) is 2.60. The van der Waals surface area contributed by atoms with Crippen molar-refractivity contribution >= 4 is 17.5 Å². The molecule has 0 saturated heterocycles. The number of nitrogens with zero attached hydrogens (tertiary/aromatic N) is 3. The molecule has 0 radical (unpaired) electrons. The molecule has 1 aliphatic heterocycles. The van der Waals surface area contributed by atoms with Crippen LogP contribution in [0.4, 0.5) is 5.69 Å². The van der Waals surface area contributed by atoms with Gasteiger partial charge in [0.2, 0.25) is 5.91 Å². The van der Waals surface area contributed by atoms with E-state index in [1.54, 1.807) is 31.4 Å². The first-order valence-corrected chi connectivity index (χ1v) is 7.37. The first-order valence-electron chi connectivity index (χ1n) is 7.37. The molecule has 2 heterocycles. The molecule has 3 rings (SSSR count). The molecule has 0 bridgehead atoms. The van der Waals surface area contributed by atoms with Crippen LogP contribution in [0.2, 0.25) is 0 Å². The average molecular weight is 311 g/mol. The highest BCUT2D eigenvalue weighted by Gasteiger charge is 2.47. The maximum atomic E-state index is 13.0. The van der Waals surface area contributed by atoms with E-state index < -0.39 is 5.41 Å². The maximum Gasteiger partial charge on any atom is 0.267 e. The number of imide groups is 1.